The summed E-state index contributed by atoms with van der Waals surface area (Å²) in [5, 5.41) is 19.3. The second kappa shape index (κ2) is 5.60. The van der Waals surface area contributed by atoms with Crippen molar-refractivity contribution in [1.82, 2.24) is 0 Å². The smallest absolute Gasteiger partial charge is 0.271 e. The van der Waals surface area contributed by atoms with Gasteiger partial charge in [-0.25, -0.2) is 8.42 Å². The van der Waals surface area contributed by atoms with Crippen molar-refractivity contribution in [2.45, 2.75) is 4.90 Å². The van der Waals surface area contributed by atoms with Crippen LogP contribution in [0.5, 0.6) is 0 Å². The lowest BCUT2D eigenvalue weighted by Crippen LogP contribution is -2.13. The van der Waals surface area contributed by atoms with Gasteiger partial charge in [0.25, 0.3) is 15.7 Å². The molecule has 0 atom stereocenters. The Bertz CT molecular complexity index is 823. The molecule has 0 aliphatic heterocycles. The largest absolute Gasteiger partial charge is 0.279 e. The SMILES string of the molecule is N#Cc1ccc(S(=O)(=O)Nc2cccc([N+](=O)[O-])c2)cc1. The van der Waals surface area contributed by atoms with Gasteiger partial charge in [-0.2, -0.15) is 5.26 Å². The fourth-order valence-corrected chi connectivity index (χ4v) is 2.66. The van der Waals surface area contributed by atoms with Gasteiger partial charge in [-0.05, 0) is 30.3 Å². The van der Waals surface area contributed by atoms with Gasteiger partial charge in [0.1, 0.15) is 0 Å². The average Bonchev–Trinajstić information content (AvgIpc) is 2.47. The molecule has 0 radical (unpaired) electrons. The standard InChI is InChI=1S/C13H9N3O4S/c14-9-10-4-6-13(7-5-10)21(19,20)15-11-2-1-3-12(8-11)16(17)18/h1-8,15H. The minimum absolute atomic E-state index is 0.0343. The van der Waals surface area contributed by atoms with Gasteiger partial charge in [0.15, 0.2) is 0 Å². The third-order valence-corrected chi connectivity index (χ3v) is 4.00. The van der Waals surface area contributed by atoms with Crippen LogP contribution in [0.2, 0.25) is 0 Å². The number of nitrogens with zero attached hydrogens (tertiary/aromatic N) is 2. The molecule has 0 aliphatic rings. The number of nitriles is 1. The Kier molecular flexibility index (Phi) is 3.86. The zero-order valence-corrected chi connectivity index (χ0v) is 11.4. The van der Waals surface area contributed by atoms with E-state index in [0.717, 1.165) is 6.07 Å². The summed E-state index contributed by atoms with van der Waals surface area (Å²) in [4.78, 5) is 10.0. The van der Waals surface area contributed by atoms with E-state index in [-0.39, 0.29) is 16.3 Å². The predicted molar refractivity (Wildman–Crippen MR) is 75.1 cm³/mol. The Labute approximate surface area is 120 Å². The number of hydrogen-bond donors (Lipinski definition) is 1. The van der Waals surface area contributed by atoms with Gasteiger partial charge in [-0.1, -0.05) is 6.07 Å². The summed E-state index contributed by atoms with van der Waals surface area (Å²) in [7, 11) is -3.86. The molecule has 0 fully saturated rings. The summed E-state index contributed by atoms with van der Waals surface area (Å²) in [5.74, 6) is 0. The van der Waals surface area contributed by atoms with Crippen LogP contribution in [0, 0.1) is 21.4 Å². The first-order valence-corrected chi connectivity index (χ1v) is 7.18. The maximum atomic E-state index is 12.1. The molecule has 2 aromatic rings. The molecule has 0 spiro atoms. The minimum atomic E-state index is -3.86. The third kappa shape index (κ3) is 3.34. The maximum Gasteiger partial charge on any atom is 0.271 e. The number of sulfonamides is 1. The van der Waals surface area contributed by atoms with E-state index in [2.05, 4.69) is 4.72 Å². The third-order valence-electron chi connectivity index (χ3n) is 2.60. The Hall–Kier alpha value is -2.92. The fourth-order valence-electron chi connectivity index (χ4n) is 1.61. The van der Waals surface area contributed by atoms with Crippen LogP contribution in [0.15, 0.2) is 53.4 Å². The molecule has 7 nitrogen and oxygen atoms in total. The number of nitro benzene ring substituents is 1. The highest BCUT2D eigenvalue weighted by molar-refractivity contribution is 7.92. The summed E-state index contributed by atoms with van der Waals surface area (Å²) in [6, 6.07) is 12.4. The molecule has 2 rings (SSSR count). The van der Waals surface area contributed by atoms with Crippen LogP contribution in [-0.4, -0.2) is 13.3 Å². The molecule has 0 saturated carbocycles. The summed E-state index contributed by atoms with van der Waals surface area (Å²) >= 11 is 0. The monoisotopic (exact) mass is 303 g/mol. The summed E-state index contributed by atoms with van der Waals surface area (Å²) in [6.07, 6.45) is 0. The average molecular weight is 303 g/mol. The van der Waals surface area contributed by atoms with Crippen molar-refractivity contribution in [3.8, 4) is 6.07 Å². The highest BCUT2D eigenvalue weighted by atomic mass is 32.2. The highest BCUT2D eigenvalue weighted by Crippen LogP contribution is 2.20. The molecule has 8 heteroatoms. The van der Waals surface area contributed by atoms with E-state index in [1.165, 1.54) is 42.5 Å². The number of nitro groups is 1. The lowest BCUT2D eigenvalue weighted by Gasteiger charge is -2.07. The van der Waals surface area contributed by atoms with Crippen LogP contribution in [0.25, 0.3) is 0 Å². The van der Waals surface area contributed by atoms with Crippen LogP contribution in [0.4, 0.5) is 11.4 Å². The molecular formula is C13H9N3O4S. The molecule has 1 N–H and O–H groups in total. The van der Waals surface area contributed by atoms with Crippen molar-refractivity contribution >= 4 is 21.4 Å². The van der Waals surface area contributed by atoms with Gasteiger partial charge in [0, 0.05) is 12.1 Å². The molecule has 0 bridgehead atoms. The first-order chi connectivity index (χ1) is 9.92. The second-order valence-electron chi connectivity index (χ2n) is 4.05. The molecule has 0 aromatic heterocycles. The number of anilines is 1. The molecule has 0 aliphatic carbocycles. The van der Waals surface area contributed by atoms with Gasteiger partial charge in [-0.3, -0.25) is 14.8 Å². The van der Waals surface area contributed by atoms with E-state index in [1.807, 2.05) is 6.07 Å². The van der Waals surface area contributed by atoms with Crippen LogP contribution in [0.3, 0.4) is 0 Å². The summed E-state index contributed by atoms with van der Waals surface area (Å²) < 4.78 is 26.5. The number of nitrogens with one attached hydrogen (secondary N) is 1. The van der Waals surface area contributed by atoms with Crippen LogP contribution in [0.1, 0.15) is 5.56 Å². The zero-order chi connectivity index (χ0) is 15.5. The minimum Gasteiger partial charge on any atom is -0.279 e. The normalized spacial score (nSPS) is 10.6. The lowest BCUT2D eigenvalue weighted by atomic mass is 10.2. The van der Waals surface area contributed by atoms with E-state index in [0.29, 0.717) is 5.56 Å². The number of non-ortho nitro benzene ring substituents is 1. The van der Waals surface area contributed by atoms with Crippen molar-refractivity contribution in [2.24, 2.45) is 0 Å². The molecular weight excluding hydrogens is 294 g/mol. The fraction of sp³-hybridized carbons (Fsp3) is 0. The second-order valence-corrected chi connectivity index (χ2v) is 5.73. The summed E-state index contributed by atoms with van der Waals surface area (Å²) in [5.41, 5.74) is 0.216. The number of benzene rings is 2. The number of rotatable bonds is 4. The van der Waals surface area contributed by atoms with Gasteiger partial charge in [0.2, 0.25) is 0 Å². The van der Waals surface area contributed by atoms with E-state index >= 15 is 0 Å². The number of hydrogen-bond acceptors (Lipinski definition) is 5. The van der Waals surface area contributed by atoms with Crippen molar-refractivity contribution in [3.05, 3.63) is 64.2 Å². The maximum absolute atomic E-state index is 12.1. The van der Waals surface area contributed by atoms with Crippen molar-refractivity contribution < 1.29 is 13.3 Å². The van der Waals surface area contributed by atoms with Crippen LogP contribution in [-0.2, 0) is 10.0 Å². The van der Waals surface area contributed by atoms with Crippen LogP contribution >= 0.6 is 0 Å². The molecule has 0 amide bonds. The molecule has 21 heavy (non-hydrogen) atoms. The highest BCUT2D eigenvalue weighted by Gasteiger charge is 2.15. The van der Waals surface area contributed by atoms with Gasteiger partial charge in [0.05, 0.1) is 27.1 Å². The van der Waals surface area contributed by atoms with Gasteiger partial charge < -0.3 is 0 Å². The molecule has 0 heterocycles. The van der Waals surface area contributed by atoms with E-state index in [1.54, 1.807) is 0 Å². The Morgan fingerprint density at radius 3 is 2.38 bits per heavy atom. The Morgan fingerprint density at radius 2 is 1.81 bits per heavy atom. The van der Waals surface area contributed by atoms with Gasteiger partial charge in [-0.15, -0.1) is 0 Å². The van der Waals surface area contributed by atoms with Crippen molar-refractivity contribution in [2.75, 3.05) is 4.72 Å². The van der Waals surface area contributed by atoms with Crippen molar-refractivity contribution in [3.63, 3.8) is 0 Å². The van der Waals surface area contributed by atoms with Crippen LogP contribution < -0.4 is 4.72 Å². The van der Waals surface area contributed by atoms with Gasteiger partial charge >= 0.3 is 0 Å². The summed E-state index contributed by atoms with van der Waals surface area (Å²) in [6.45, 7) is 0. The quantitative estimate of drug-likeness (QED) is 0.687. The van der Waals surface area contributed by atoms with E-state index < -0.39 is 14.9 Å². The topological polar surface area (TPSA) is 113 Å². The molecule has 2 aromatic carbocycles. The molecule has 106 valence electrons. The van der Waals surface area contributed by atoms with E-state index in [4.69, 9.17) is 5.26 Å². The Balaban J connectivity index is 2.30. The lowest BCUT2D eigenvalue weighted by molar-refractivity contribution is -0.384. The Morgan fingerprint density at radius 1 is 1.14 bits per heavy atom. The molecule has 0 unspecified atom stereocenters. The first kappa shape index (κ1) is 14.5. The zero-order valence-electron chi connectivity index (χ0n) is 10.6. The first-order valence-electron chi connectivity index (χ1n) is 5.70. The predicted octanol–water partition coefficient (Wildman–Crippen LogP) is 2.27. The van der Waals surface area contributed by atoms with Crippen molar-refractivity contribution in [1.29, 1.82) is 5.26 Å². The molecule has 0 saturated heterocycles. The van der Waals surface area contributed by atoms with E-state index in [9.17, 15) is 18.5 Å².